The largest absolute Gasteiger partial charge is 0.490 e. The molecular formula is C23H27F6N3O6S. The molecule has 9 nitrogen and oxygen atoms in total. The lowest BCUT2D eigenvalue weighted by Gasteiger charge is -2.27. The fourth-order valence-corrected chi connectivity index (χ4v) is 4.79. The number of aromatic nitrogens is 2. The zero-order chi connectivity index (χ0) is 29.4. The monoisotopic (exact) mass is 587 g/mol. The molecule has 4 heterocycles. The van der Waals surface area contributed by atoms with Crippen LogP contribution in [0.1, 0.15) is 22.1 Å². The van der Waals surface area contributed by atoms with Gasteiger partial charge in [-0.05, 0) is 26.0 Å². The number of likely N-dealkylation sites (tertiary alicyclic amines) is 1. The Morgan fingerprint density at radius 3 is 2.23 bits per heavy atom. The highest BCUT2D eigenvalue weighted by Gasteiger charge is 2.50. The Balaban J connectivity index is 0.000000317. The average Bonchev–Trinajstić information content (AvgIpc) is 3.47. The second-order valence-corrected chi connectivity index (χ2v) is 9.94. The van der Waals surface area contributed by atoms with Crippen LogP contribution in [0.2, 0.25) is 0 Å². The minimum atomic E-state index is -5.08. The third-order valence-electron chi connectivity index (χ3n) is 5.69. The van der Waals surface area contributed by atoms with E-state index in [9.17, 15) is 26.3 Å². The lowest BCUT2D eigenvalue weighted by atomic mass is 9.82. The standard InChI is InChI=1S/C19H25N3O2S.2C2HF3O2/c1-14-4-3-5-17(20-14)9-24-13-19-11-22(6-16(19)8-23-12-19)7-18-21-15(2)10-25-18;2*3-2(4,5)1(6)7/h3-5,10,16H,6-9,11-13H2,1-2H3;2*(H,6,7)/t16-,19+;;/m1../s1. The Labute approximate surface area is 223 Å². The van der Waals surface area contributed by atoms with Crippen LogP contribution in [-0.4, -0.2) is 82.3 Å². The van der Waals surface area contributed by atoms with Crippen LogP contribution in [0.5, 0.6) is 0 Å². The Kier molecular flexibility index (Phi) is 11.2. The van der Waals surface area contributed by atoms with Gasteiger partial charge in [-0.15, -0.1) is 11.3 Å². The van der Waals surface area contributed by atoms with Gasteiger partial charge in [-0.3, -0.25) is 9.88 Å². The van der Waals surface area contributed by atoms with Crippen LogP contribution in [0.4, 0.5) is 26.3 Å². The molecule has 0 aromatic carbocycles. The number of halogens is 6. The average molecular weight is 588 g/mol. The molecule has 2 atom stereocenters. The molecule has 2 aliphatic rings. The van der Waals surface area contributed by atoms with Crippen molar-refractivity contribution >= 4 is 23.3 Å². The Hall–Kier alpha value is -2.82. The number of rotatable bonds is 6. The highest BCUT2D eigenvalue weighted by Crippen LogP contribution is 2.42. The van der Waals surface area contributed by atoms with Crippen molar-refractivity contribution in [2.24, 2.45) is 11.3 Å². The Morgan fingerprint density at radius 1 is 1.10 bits per heavy atom. The van der Waals surface area contributed by atoms with Crippen molar-refractivity contribution in [3.05, 3.63) is 45.7 Å². The summed E-state index contributed by atoms with van der Waals surface area (Å²) in [5.74, 6) is -4.96. The van der Waals surface area contributed by atoms with Gasteiger partial charge < -0.3 is 19.7 Å². The van der Waals surface area contributed by atoms with Gasteiger partial charge in [-0.1, -0.05) is 6.07 Å². The molecule has 0 unspecified atom stereocenters. The summed E-state index contributed by atoms with van der Waals surface area (Å²) in [6.45, 7) is 10.1. The summed E-state index contributed by atoms with van der Waals surface area (Å²) in [6.07, 6.45) is -10.2. The van der Waals surface area contributed by atoms with Crippen molar-refractivity contribution < 1.29 is 55.6 Å². The van der Waals surface area contributed by atoms with E-state index in [0.29, 0.717) is 12.5 Å². The number of alkyl halides is 6. The maximum Gasteiger partial charge on any atom is 0.490 e. The van der Waals surface area contributed by atoms with Gasteiger partial charge in [0.1, 0.15) is 5.01 Å². The predicted octanol–water partition coefficient (Wildman–Crippen LogP) is 4.09. The van der Waals surface area contributed by atoms with Crippen LogP contribution in [-0.2, 0) is 32.2 Å². The van der Waals surface area contributed by atoms with E-state index in [1.54, 1.807) is 11.3 Å². The van der Waals surface area contributed by atoms with Gasteiger partial charge >= 0.3 is 24.3 Å². The number of thiazole rings is 1. The van der Waals surface area contributed by atoms with Crippen molar-refractivity contribution in [1.29, 1.82) is 0 Å². The first-order chi connectivity index (χ1) is 18.0. The summed E-state index contributed by atoms with van der Waals surface area (Å²) < 4.78 is 75.4. The summed E-state index contributed by atoms with van der Waals surface area (Å²) in [6, 6.07) is 6.07. The summed E-state index contributed by atoms with van der Waals surface area (Å²) in [4.78, 5) is 29.4. The Morgan fingerprint density at radius 2 is 1.72 bits per heavy atom. The molecule has 0 radical (unpaired) electrons. The minimum Gasteiger partial charge on any atom is -0.475 e. The number of carboxylic acids is 2. The smallest absolute Gasteiger partial charge is 0.475 e. The van der Waals surface area contributed by atoms with Crippen LogP contribution in [0.15, 0.2) is 23.6 Å². The molecule has 2 aromatic rings. The molecule has 4 rings (SSSR count). The molecule has 0 aliphatic carbocycles. The molecule has 2 aliphatic heterocycles. The van der Waals surface area contributed by atoms with Gasteiger partial charge in [-0.2, -0.15) is 26.3 Å². The molecule has 0 saturated carbocycles. The highest BCUT2D eigenvalue weighted by atomic mass is 32.1. The molecule has 0 amide bonds. The topological polar surface area (TPSA) is 122 Å². The molecule has 218 valence electrons. The van der Waals surface area contributed by atoms with Crippen LogP contribution in [0.3, 0.4) is 0 Å². The second-order valence-electron chi connectivity index (χ2n) is 9.00. The molecule has 0 bridgehead atoms. The van der Waals surface area contributed by atoms with Gasteiger partial charge in [-0.25, -0.2) is 14.6 Å². The van der Waals surface area contributed by atoms with Gasteiger partial charge in [0.05, 0.1) is 38.7 Å². The minimum absolute atomic E-state index is 0.121. The normalized spacial score (nSPS) is 20.9. The van der Waals surface area contributed by atoms with Crippen LogP contribution >= 0.6 is 11.3 Å². The lowest BCUT2D eigenvalue weighted by molar-refractivity contribution is -0.193. The van der Waals surface area contributed by atoms with Crippen molar-refractivity contribution in [3.63, 3.8) is 0 Å². The molecule has 2 N–H and O–H groups in total. The summed E-state index contributed by atoms with van der Waals surface area (Å²) in [5, 5.41) is 17.6. The molecule has 39 heavy (non-hydrogen) atoms. The van der Waals surface area contributed by atoms with Crippen molar-refractivity contribution in [3.8, 4) is 0 Å². The van der Waals surface area contributed by atoms with E-state index >= 15 is 0 Å². The fraction of sp³-hybridized carbons (Fsp3) is 0.565. The molecule has 2 aromatic heterocycles. The highest BCUT2D eigenvalue weighted by molar-refractivity contribution is 7.09. The first-order valence-corrected chi connectivity index (χ1v) is 12.2. The second kappa shape index (κ2) is 13.5. The summed E-state index contributed by atoms with van der Waals surface area (Å²) in [7, 11) is 0. The number of aryl methyl sites for hydroxylation is 2. The molecule has 0 spiro atoms. The first-order valence-electron chi connectivity index (χ1n) is 11.3. The van der Waals surface area contributed by atoms with Crippen molar-refractivity contribution in [1.82, 2.24) is 14.9 Å². The van der Waals surface area contributed by atoms with Crippen LogP contribution < -0.4 is 0 Å². The quantitative estimate of drug-likeness (QED) is 0.482. The van der Waals surface area contributed by atoms with Crippen molar-refractivity contribution in [2.75, 3.05) is 32.9 Å². The number of nitrogens with zero attached hydrogens (tertiary/aromatic N) is 3. The van der Waals surface area contributed by atoms with E-state index in [4.69, 9.17) is 29.3 Å². The van der Waals surface area contributed by atoms with E-state index in [0.717, 1.165) is 56.5 Å². The van der Waals surface area contributed by atoms with Gasteiger partial charge in [0.25, 0.3) is 0 Å². The van der Waals surface area contributed by atoms with Crippen LogP contribution in [0, 0.1) is 25.2 Å². The maximum absolute atomic E-state index is 10.6. The summed E-state index contributed by atoms with van der Waals surface area (Å²) in [5.41, 5.74) is 3.27. The number of pyridine rings is 1. The number of aliphatic carboxylic acids is 2. The number of hydrogen-bond acceptors (Lipinski definition) is 8. The zero-order valence-electron chi connectivity index (χ0n) is 20.9. The third kappa shape index (κ3) is 10.3. The fourth-order valence-electron chi connectivity index (χ4n) is 3.97. The van der Waals surface area contributed by atoms with Gasteiger partial charge in [0, 0.05) is 41.2 Å². The van der Waals surface area contributed by atoms with E-state index in [-0.39, 0.29) is 5.41 Å². The molecular weight excluding hydrogens is 560 g/mol. The molecule has 16 heteroatoms. The number of ether oxygens (including phenoxy) is 2. The van der Waals surface area contributed by atoms with Gasteiger partial charge in [0.2, 0.25) is 0 Å². The number of carboxylic acid groups (broad SMARTS) is 2. The molecule has 2 saturated heterocycles. The maximum atomic E-state index is 10.6. The van der Waals surface area contributed by atoms with E-state index in [1.807, 2.05) is 25.1 Å². The SMILES string of the molecule is Cc1cccc(COC[C@]23COC[C@H]2CN(Cc2nc(C)cs2)C3)n1.O=C(O)C(F)(F)F.O=C(O)C(F)(F)F. The first kappa shape index (κ1) is 32.4. The predicted molar refractivity (Wildman–Crippen MR) is 125 cm³/mol. The van der Waals surface area contributed by atoms with E-state index in [2.05, 4.69) is 27.2 Å². The third-order valence-corrected chi connectivity index (χ3v) is 6.64. The van der Waals surface area contributed by atoms with E-state index in [1.165, 1.54) is 5.01 Å². The van der Waals surface area contributed by atoms with E-state index < -0.39 is 24.3 Å². The summed E-state index contributed by atoms with van der Waals surface area (Å²) >= 11 is 1.76. The van der Waals surface area contributed by atoms with Gasteiger partial charge in [0.15, 0.2) is 0 Å². The lowest BCUT2D eigenvalue weighted by Crippen LogP contribution is -2.35. The van der Waals surface area contributed by atoms with Crippen LogP contribution in [0.25, 0.3) is 0 Å². The van der Waals surface area contributed by atoms with Crippen molar-refractivity contribution in [2.45, 2.75) is 39.4 Å². The molecule has 2 fully saturated rings. The number of hydrogen-bond donors (Lipinski definition) is 2. The number of carbonyl (C=O) groups is 2. The zero-order valence-corrected chi connectivity index (χ0v) is 21.7. The Bertz CT molecular complexity index is 1090. The number of fused-ring (bicyclic) bond motifs is 1.